The summed E-state index contributed by atoms with van der Waals surface area (Å²) in [5.74, 6) is 0.255. The van der Waals surface area contributed by atoms with Crippen LogP contribution in [0, 0.1) is 5.92 Å². The molecule has 3 nitrogen and oxygen atoms in total. The van der Waals surface area contributed by atoms with Gasteiger partial charge in [0, 0.05) is 13.3 Å². The minimum atomic E-state index is -4.47. The molecule has 1 heterocycles. The zero-order valence-corrected chi connectivity index (χ0v) is 9.85. The van der Waals surface area contributed by atoms with E-state index in [0.29, 0.717) is 6.42 Å². The van der Waals surface area contributed by atoms with Gasteiger partial charge in [0.2, 0.25) is 0 Å². The fourth-order valence-electron chi connectivity index (χ4n) is 1.97. The maximum absolute atomic E-state index is 12.5. The Morgan fingerprint density at radius 1 is 1.41 bits per heavy atom. The van der Waals surface area contributed by atoms with Gasteiger partial charge in [0.15, 0.2) is 0 Å². The Morgan fingerprint density at radius 3 is 2.47 bits per heavy atom. The number of piperidine rings is 1. The monoisotopic (exact) mass is 249 g/mol. The largest absolute Gasteiger partial charge is 0.431 e. The molecule has 0 aromatic rings. The van der Waals surface area contributed by atoms with Gasteiger partial charge in [-0.25, -0.2) is 0 Å². The highest BCUT2D eigenvalue weighted by molar-refractivity contribution is 5.79. The molecule has 6 heteroatoms. The van der Waals surface area contributed by atoms with Crippen molar-refractivity contribution in [3.63, 3.8) is 0 Å². The average Bonchev–Trinajstić information content (AvgIpc) is 2.28. The van der Waals surface area contributed by atoms with Gasteiger partial charge in [-0.3, -0.25) is 4.99 Å². The first-order valence-electron chi connectivity index (χ1n) is 5.64. The lowest BCUT2D eigenvalue weighted by Gasteiger charge is -2.23. The SMILES string of the molecule is CN=CC(CC1CCNCC1)=C(N)C(F)(F)F. The van der Waals surface area contributed by atoms with Crippen LogP contribution < -0.4 is 11.1 Å². The molecule has 0 aromatic heterocycles. The summed E-state index contributed by atoms with van der Waals surface area (Å²) in [5, 5.41) is 3.18. The molecule has 0 atom stereocenters. The summed E-state index contributed by atoms with van der Waals surface area (Å²) in [5.41, 5.74) is 4.24. The van der Waals surface area contributed by atoms with Crippen LogP contribution in [-0.4, -0.2) is 32.5 Å². The van der Waals surface area contributed by atoms with Gasteiger partial charge in [0.25, 0.3) is 0 Å². The van der Waals surface area contributed by atoms with Crippen LogP contribution in [0.2, 0.25) is 0 Å². The summed E-state index contributed by atoms with van der Waals surface area (Å²) in [6.45, 7) is 1.71. The maximum Gasteiger partial charge on any atom is 0.431 e. The molecule has 17 heavy (non-hydrogen) atoms. The quantitative estimate of drug-likeness (QED) is 0.750. The fourth-order valence-corrected chi connectivity index (χ4v) is 1.97. The van der Waals surface area contributed by atoms with E-state index in [1.165, 1.54) is 13.3 Å². The third-order valence-corrected chi connectivity index (χ3v) is 2.90. The van der Waals surface area contributed by atoms with Crippen LogP contribution in [0.1, 0.15) is 19.3 Å². The molecule has 0 amide bonds. The number of rotatable bonds is 3. The highest BCUT2D eigenvalue weighted by Gasteiger charge is 2.34. The van der Waals surface area contributed by atoms with Crippen LogP contribution >= 0.6 is 0 Å². The lowest BCUT2D eigenvalue weighted by molar-refractivity contribution is -0.0933. The summed E-state index contributed by atoms with van der Waals surface area (Å²) >= 11 is 0. The fraction of sp³-hybridized carbons (Fsp3) is 0.727. The third-order valence-electron chi connectivity index (χ3n) is 2.90. The number of hydrogen-bond donors (Lipinski definition) is 2. The van der Waals surface area contributed by atoms with Crippen molar-refractivity contribution in [1.82, 2.24) is 5.32 Å². The van der Waals surface area contributed by atoms with Crippen LogP contribution in [0.25, 0.3) is 0 Å². The van der Waals surface area contributed by atoms with Gasteiger partial charge in [-0.1, -0.05) is 0 Å². The van der Waals surface area contributed by atoms with Crippen LogP contribution in [-0.2, 0) is 0 Å². The zero-order valence-electron chi connectivity index (χ0n) is 9.85. The first-order chi connectivity index (χ1) is 7.95. The van der Waals surface area contributed by atoms with Crippen LogP contribution in [0.5, 0.6) is 0 Å². The summed E-state index contributed by atoms with van der Waals surface area (Å²) in [6, 6.07) is 0. The minimum Gasteiger partial charge on any atom is -0.394 e. The van der Waals surface area contributed by atoms with Crippen LogP contribution in [0.3, 0.4) is 0 Å². The Kier molecular flexibility index (Phi) is 4.99. The standard InChI is InChI=1S/C11H18F3N3/c1-16-7-9(10(15)11(12,13)14)6-8-2-4-17-5-3-8/h7-8,17H,2-6,15H2,1H3. The smallest absolute Gasteiger partial charge is 0.394 e. The predicted octanol–water partition coefficient (Wildman–Crippen LogP) is 1.85. The average molecular weight is 249 g/mol. The Balaban J connectivity index is 2.78. The second-order valence-corrected chi connectivity index (χ2v) is 4.22. The number of nitrogens with one attached hydrogen (secondary N) is 1. The molecular formula is C11H18F3N3. The molecule has 1 fully saturated rings. The Morgan fingerprint density at radius 2 is 2.00 bits per heavy atom. The van der Waals surface area contributed by atoms with Gasteiger partial charge in [-0.2, -0.15) is 13.2 Å². The number of aliphatic imine (C=N–C) groups is 1. The first-order valence-corrected chi connectivity index (χ1v) is 5.64. The van der Waals surface area contributed by atoms with E-state index in [-0.39, 0.29) is 11.5 Å². The zero-order chi connectivity index (χ0) is 12.9. The van der Waals surface area contributed by atoms with Crippen LogP contribution in [0.15, 0.2) is 16.3 Å². The summed E-state index contributed by atoms with van der Waals surface area (Å²) in [6.07, 6.45) is -1.13. The Labute approximate surface area is 99.0 Å². The lowest BCUT2D eigenvalue weighted by Crippen LogP contribution is -2.29. The second-order valence-electron chi connectivity index (χ2n) is 4.22. The van der Waals surface area contributed by atoms with E-state index in [0.717, 1.165) is 25.9 Å². The summed E-state index contributed by atoms with van der Waals surface area (Å²) < 4.78 is 37.6. The molecule has 1 aliphatic heterocycles. The number of nitrogens with zero attached hydrogens (tertiary/aromatic N) is 1. The van der Waals surface area contributed by atoms with Gasteiger partial charge in [-0.15, -0.1) is 0 Å². The van der Waals surface area contributed by atoms with E-state index in [1.54, 1.807) is 0 Å². The Hall–Kier alpha value is -1.04. The van der Waals surface area contributed by atoms with Crippen molar-refractivity contribution in [3.8, 4) is 0 Å². The van der Waals surface area contributed by atoms with Crippen molar-refractivity contribution >= 4 is 6.21 Å². The van der Waals surface area contributed by atoms with E-state index in [9.17, 15) is 13.2 Å². The number of alkyl halides is 3. The molecule has 0 aliphatic carbocycles. The van der Waals surface area contributed by atoms with Crippen molar-refractivity contribution < 1.29 is 13.2 Å². The molecule has 98 valence electrons. The topological polar surface area (TPSA) is 50.4 Å². The molecular weight excluding hydrogens is 231 g/mol. The van der Waals surface area contributed by atoms with Crippen molar-refractivity contribution in [2.24, 2.45) is 16.6 Å². The summed E-state index contributed by atoms with van der Waals surface area (Å²) in [4.78, 5) is 3.66. The molecule has 0 aromatic carbocycles. The van der Waals surface area contributed by atoms with E-state index in [1.807, 2.05) is 0 Å². The minimum absolute atomic E-state index is 0.104. The Bertz CT molecular complexity index is 302. The highest BCUT2D eigenvalue weighted by Crippen LogP contribution is 2.28. The molecule has 1 aliphatic rings. The highest BCUT2D eigenvalue weighted by atomic mass is 19.4. The van der Waals surface area contributed by atoms with E-state index < -0.39 is 11.9 Å². The molecule has 1 rings (SSSR count). The molecule has 0 unspecified atom stereocenters. The first kappa shape index (κ1) is 14.0. The van der Waals surface area contributed by atoms with Crippen molar-refractivity contribution in [1.29, 1.82) is 0 Å². The van der Waals surface area contributed by atoms with E-state index in [4.69, 9.17) is 5.73 Å². The molecule has 0 spiro atoms. The number of nitrogens with two attached hydrogens (primary N) is 1. The van der Waals surface area contributed by atoms with Gasteiger partial charge >= 0.3 is 6.18 Å². The number of allylic oxidation sites excluding steroid dienone is 2. The van der Waals surface area contributed by atoms with Gasteiger partial charge < -0.3 is 11.1 Å². The van der Waals surface area contributed by atoms with Crippen molar-refractivity contribution in [2.45, 2.75) is 25.4 Å². The van der Waals surface area contributed by atoms with Crippen molar-refractivity contribution in [2.75, 3.05) is 20.1 Å². The molecule has 1 saturated heterocycles. The third kappa shape index (κ3) is 4.38. The summed E-state index contributed by atoms with van der Waals surface area (Å²) in [7, 11) is 1.45. The van der Waals surface area contributed by atoms with Crippen molar-refractivity contribution in [3.05, 3.63) is 11.3 Å². The van der Waals surface area contributed by atoms with Gasteiger partial charge in [0.1, 0.15) is 5.70 Å². The maximum atomic E-state index is 12.5. The molecule has 0 radical (unpaired) electrons. The molecule has 3 N–H and O–H groups in total. The van der Waals surface area contributed by atoms with E-state index in [2.05, 4.69) is 10.3 Å². The molecule has 0 saturated carbocycles. The van der Waals surface area contributed by atoms with Gasteiger partial charge in [-0.05, 0) is 43.8 Å². The lowest BCUT2D eigenvalue weighted by atomic mass is 9.90. The second kappa shape index (κ2) is 6.05. The van der Waals surface area contributed by atoms with E-state index >= 15 is 0 Å². The number of hydrogen-bond acceptors (Lipinski definition) is 3. The normalized spacial score (nSPS) is 20.7. The number of halogens is 3. The van der Waals surface area contributed by atoms with Gasteiger partial charge in [0.05, 0.1) is 0 Å². The predicted molar refractivity (Wildman–Crippen MR) is 61.9 cm³/mol. The molecule has 0 bridgehead atoms. The van der Waals surface area contributed by atoms with Crippen LogP contribution in [0.4, 0.5) is 13.2 Å².